The van der Waals surface area contributed by atoms with E-state index in [-0.39, 0.29) is 24.4 Å². The molecule has 6 heteroatoms. The number of Topliss-reactive ketones (excluding diaryl/α,β-unsaturated/α-hetero) is 1. The summed E-state index contributed by atoms with van der Waals surface area (Å²) < 4.78 is 27.8. The van der Waals surface area contributed by atoms with E-state index < -0.39 is 23.5 Å². The third-order valence-electron chi connectivity index (χ3n) is 3.75. The van der Waals surface area contributed by atoms with Crippen LogP contribution < -0.4 is 11.1 Å². The van der Waals surface area contributed by atoms with Crippen molar-refractivity contribution in [3.63, 3.8) is 0 Å². The molecule has 0 unspecified atom stereocenters. The molecule has 132 valence electrons. The summed E-state index contributed by atoms with van der Waals surface area (Å²) in [5.74, 6) is -1.79. The van der Waals surface area contributed by atoms with Crippen molar-refractivity contribution in [2.75, 3.05) is 6.54 Å². The van der Waals surface area contributed by atoms with Crippen molar-refractivity contribution in [1.29, 1.82) is 0 Å². The maximum atomic E-state index is 14.0. The Morgan fingerprint density at radius 1 is 1.12 bits per heavy atom. The van der Waals surface area contributed by atoms with Gasteiger partial charge in [0.05, 0.1) is 11.6 Å². The second-order valence-electron chi connectivity index (χ2n) is 5.78. The molecule has 25 heavy (non-hydrogen) atoms. The van der Waals surface area contributed by atoms with Crippen LogP contribution in [0.25, 0.3) is 11.1 Å². The van der Waals surface area contributed by atoms with Crippen LogP contribution in [0.5, 0.6) is 0 Å². The summed E-state index contributed by atoms with van der Waals surface area (Å²) in [6.45, 7) is 1.84. The summed E-state index contributed by atoms with van der Waals surface area (Å²) in [6.07, 6.45) is 0.428. The van der Waals surface area contributed by atoms with Gasteiger partial charge in [-0.05, 0) is 37.1 Å². The maximum Gasteiger partial charge on any atom is 0.236 e. The minimum atomic E-state index is -0.648. The average Bonchev–Trinajstić information content (AvgIpc) is 2.59. The highest BCUT2D eigenvalue weighted by Crippen LogP contribution is 2.25. The number of carbonyl (C=O) groups excluding carboxylic acids is 2. The van der Waals surface area contributed by atoms with Crippen molar-refractivity contribution in [3.8, 4) is 11.1 Å². The van der Waals surface area contributed by atoms with E-state index in [1.165, 1.54) is 18.2 Å². The van der Waals surface area contributed by atoms with Gasteiger partial charge >= 0.3 is 0 Å². The van der Waals surface area contributed by atoms with E-state index in [9.17, 15) is 18.4 Å². The first kappa shape index (κ1) is 18.7. The zero-order valence-electron chi connectivity index (χ0n) is 13.9. The molecule has 0 aliphatic carbocycles. The zero-order chi connectivity index (χ0) is 18.4. The van der Waals surface area contributed by atoms with Crippen LogP contribution in [0.4, 0.5) is 8.78 Å². The number of amides is 1. The van der Waals surface area contributed by atoms with Gasteiger partial charge in [0.2, 0.25) is 5.91 Å². The second-order valence-corrected chi connectivity index (χ2v) is 5.78. The van der Waals surface area contributed by atoms with E-state index >= 15 is 0 Å². The third-order valence-corrected chi connectivity index (χ3v) is 3.75. The first-order valence-electron chi connectivity index (χ1n) is 8.01. The molecule has 0 aliphatic rings. The lowest BCUT2D eigenvalue weighted by molar-refractivity contribution is -0.121. The smallest absolute Gasteiger partial charge is 0.236 e. The quantitative estimate of drug-likeness (QED) is 0.598. The van der Waals surface area contributed by atoms with Gasteiger partial charge in [-0.1, -0.05) is 24.3 Å². The summed E-state index contributed by atoms with van der Waals surface area (Å²) in [6, 6.07) is 9.44. The molecule has 1 atom stereocenters. The summed E-state index contributed by atoms with van der Waals surface area (Å²) in [5, 5.41) is 2.59. The van der Waals surface area contributed by atoms with E-state index in [0.717, 1.165) is 6.07 Å². The molecule has 1 amide bonds. The monoisotopic (exact) mass is 346 g/mol. The van der Waals surface area contributed by atoms with Gasteiger partial charge in [-0.2, -0.15) is 0 Å². The first-order chi connectivity index (χ1) is 11.9. The van der Waals surface area contributed by atoms with Gasteiger partial charge in [-0.25, -0.2) is 8.78 Å². The number of nitrogens with two attached hydrogens (primary N) is 1. The minimum absolute atomic E-state index is 0.0663. The normalized spacial score (nSPS) is 11.8. The van der Waals surface area contributed by atoms with Crippen molar-refractivity contribution in [1.82, 2.24) is 5.32 Å². The van der Waals surface area contributed by atoms with Crippen LogP contribution in [0.15, 0.2) is 42.5 Å². The molecule has 0 heterocycles. The Morgan fingerprint density at radius 3 is 2.52 bits per heavy atom. The molecule has 2 aromatic rings. The topological polar surface area (TPSA) is 72.2 Å². The van der Waals surface area contributed by atoms with Crippen LogP contribution in [0.3, 0.4) is 0 Å². The molecular formula is C19H20F2N2O2. The Kier molecular flexibility index (Phi) is 6.36. The summed E-state index contributed by atoms with van der Waals surface area (Å²) >= 11 is 0. The van der Waals surface area contributed by atoms with Crippen LogP contribution in [0, 0.1) is 11.6 Å². The van der Waals surface area contributed by atoms with E-state index in [2.05, 4.69) is 5.32 Å². The van der Waals surface area contributed by atoms with Gasteiger partial charge in [-0.15, -0.1) is 0 Å². The Balaban J connectivity index is 2.06. The van der Waals surface area contributed by atoms with Gasteiger partial charge in [0.25, 0.3) is 0 Å². The van der Waals surface area contributed by atoms with Crippen LogP contribution >= 0.6 is 0 Å². The number of nitrogens with one attached hydrogen (secondary N) is 1. The lowest BCUT2D eigenvalue weighted by atomic mass is 9.99. The van der Waals surface area contributed by atoms with Gasteiger partial charge in [0.1, 0.15) is 11.6 Å². The van der Waals surface area contributed by atoms with E-state index in [1.807, 2.05) is 0 Å². The molecule has 4 nitrogen and oxygen atoms in total. The van der Waals surface area contributed by atoms with Crippen molar-refractivity contribution in [2.24, 2.45) is 5.73 Å². The van der Waals surface area contributed by atoms with Gasteiger partial charge in [-0.3, -0.25) is 9.59 Å². The molecule has 3 N–H and O–H groups in total. The average molecular weight is 346 g/mol. The lowest BCUT2D eigenvalue weighted by Gasteiger charge is -2.09. The summed E-state index contributed by atoms with van der Waals surface area (Å²) in [5.41, 5.74) is 6.07. The van der Waals surface area contributed by atoms with Crippen LogP contribution in [-0.4, -0.2) is 24.3 Å². The zero-order valence-corrected chi connectivity index (χ0v) is 13.9. The van der Waals surface area contributed by atoms with Gasteiger partial charge in [0, 0.05) is 18.5 Å². The Labute approximate surface area is 145 Å². The molecule has 0 aromatic heterocycles. The first-order valence-corrected chi connectivity index (χ1v) is 8.01. The van der Waals surface area contributed by atoms with Crippen molar-refractivity contribution in [2.45, 2.75) is 25.8 Å². The fraction of sp³-hybridized carbons (Fsp3) is 0.263. The fourth-order valence-electron chi connectivity index (χ4n) is 2.36. The molecule has 0 bridgehead atoms. The number of benzene rings is 2. The second kappa shape index (κ2) is 8.48. The molecule has 0 fully saturated rings. The SMILES string of the molecule is C[C@H](N)C(=O)NCCCC(=O)c1cc(-c2ccccc2F)ccc1F. The third kappa shape index (κ3) is 4.93. The van der Waals surface area contributed by atoms with Crippen molar-refractivity contribution in [3.05, 3.63) is 59.7 Å². The lowest BCUT2D eigenvalue weighted by Crippen LogP contribution is -2.38. The number of rotatable bonds is 7. The Morgan fingerprint density at radius 2 is 1.84 bits per heavy atom. The predicted octanol–water partition coefficient (Wildman–Crippen LogP) is 3.06. The van der Waals surface area contributed by atoms with Crippen LogP contribution in [-0.2, 0) is 4.79 Å². The van der Waals surface area contributed by atoms with E-state index in [0.29, 0.717) is 17.5 Å². The summed E-state index contributed by atoms with van der Waals surface area (Å²) in [4.78, 5) is 23.6. The van der Waals surface area contributed by atoms with Crippen molar-refractivity contribution >= 4 is 11.7 Å². The molecular weight excluding hydrogens is 326 g/mol. The van der Waals surface area contributed by atoms with E-state index in [1.54, 1.807) is 25.1 Å². The van der Waals surface area contributed by atoms with Crippen LogP contribution in [0.2, 0.25) is 0 Å². The Hall–Kier alpha value is -2.60. The maximum absolute atomic E-state index is 14.0. The molecule has 0 aliphatic heterocycles. The number of halogens is 2. The van der Waals surface area contributed by atoms with Crippen LogP contribution in [0.1, 0.15) is 30.1 Å². The van der Waals surface area contributed by atoms with Gasteiger partial charge in [0.15, 0.2) is 5.78 Å². The highest BCUT2D eigenvalue weighted by Gasteiger charge is 2.15. The number of hydrogen-bond acceptors (Lipinski definition) is 3. The van der Waals surface area contributed by atoms with Crippen molar-refractivity contribution < 1.29 is 18.4 Å². The fourth-order valence-corrected chi connectivity index (χ4v) is 2.36. The molecule has 0 spiro atoms. The molecule has 0 saturated heterocycles. The molecule has 2 rings (SSSR count). The molecule has 2 aromatic carbocycles. The Bertz CT molecular complexity index is 776. The standard InChI is InChI=1S/C19H20F2N2O2/c1-12(22)19(25)23-10-4-7-18(24)15-11-13(8-9-17(15)21)14-5-2-3-6-16(14)20/h2-3,5-6,8-9,11-12H,4,7,10,22H2,1H3,(H,23,25)/t12-/m0/s1. The molecule has 0 radical (unpaired) electrons. The highest BCUT2D eigenvalue weighted by molar-refractivity contribution is 5.97. The number of carbonyl (C=O) groups is 2. The minimum Gasteiger partial charge on any atom is -0.355 e. The van der Waals surface area contributed by atoms with E-state index in [4.69, 9.17) is 5.73 Å². The summed E-state index contributed by atoms with van der Waals surface area (Å²) in [7, 11) is 0. The largest absolute Gasteiger partial charge is 0.355 e. The van der Waals surface area contributed by atoms with Gasteiger partial charge < -0.3 is 11.1 Å². The highest BCUT2D eigenvalue weighted by atomic mass is 19.1. The predicted molar refractivity (Wildman–Crippen MR) is 92.0 cm³/mol. The number of hydrogen-bond donors (Lipinski definition) is 2. The number of ketones is 1. The molecule has 0 saturated carbocycles.